The standard InChI is InChI=1S/C11H16F2N2/c1-2-3-6-15-10-5-4-8(14)7-9(10)11(12)13/h4-5,7,11,15H,2-3,6,14H2,1H3. The van der Waals surface area contributed by atoms with Gasteiger partial charge in [0.1, 0.15) is 0 Å². The lowest BCUT2D eigenvalue weighted by Gasteiger charge is -2.11. The average molecular weight is 214 g/mol. The minimum atomic E-state index is -2.49. The van der Waals surface area contributed by atoms with Crippen LogP contribution in [0.2, 0.25) is 0 Å². The summed E-state index contributed by atoms with van der Waals surface area (Å²) in [6.07, 6.45) is -0.489. The van der Waals surface area contributed by atoms with Gasteiger partial charge in [0.05, 0.1) is 0 Å². The number of nitrogen functional groups attached to an aromatic ring is 1. The van der Waals surface area contributed by atoms with E-state index >= 15 is 0 Å². The van der Waals surface area contributed by atoms with Crippen LogP contribution in [0.25, 0.3) is 0 Å². The van der Waals surface area contributed by atoms with Gasteiger partial charge in [-0.2, -0.15) is 0 Å². The van der Waals surface area contributed by atoms with Crippen molar-refractivity contribution in [2.45, 2.75) is 26.2 Å². The summed E-state index contributed by atoms with van der Waals surface area (Å²) < 4.78 is 25.2. The number of benzene rings is 1. The number of nitrogens with one attached hydrogen (secondary N) is 1. The quantitative estimate of drug-likeness (QED) is 0.582. The van der Waals surface area contributed by atoms with E-state index in [9.17, 15) is 8.78 Å². The van der Waals surface area contributed by atoms with Crippen molar-refractivity contribution in [3.8, 4) is 0 Å². The molecule has 0 heterocycles. The first-order valence-electron chi connectivity index (χ1n) is 5.06. The highest BCUT2D eigenvalue weighted by molar-refractivity contribution is 5.58. The van der Waals surface area contributed by atoms with Crippen molar-refractivity contribution < 1.29 is 8.78 Å². The van der Waals surface area contributed by atoms with E-state index in [0.717, 1.165) is 12.8 Å². The minimum Gasteiger partial charge on any atom is -0.399 e. The van der Waals surface area contributed by atoms with E-state index in [4.69, 9.17) is 5.73 Å². The van der Waals surface area contributed by atoms with Gasteiger partial charge in [-0.15, -0.1) is 0 Å². The molecule has 4 heteroatoms. The summed E-state index contributed by atoms with van der Waals surface area (Å²) in [6, 6.07) is 4.55. The highest BCUT2D eigenvalue weighted by Crippen LogP contribution is 2.28. The second-order valence-corrected chi connectivity index (χ2v) is 3.43. The van der Waals surface area contributed by atoms with Gasteiger partial charge in [-0.3, -0.25) is 0 Å². The van der Waals surface area contributed by atoms with Crippen molar-refractivity contribution in [1.29, 1.82) is 0 Å². The minimum absolute atomic E-state index is 0.0221. The zero-order valence-electron chi connectivity index (χ0n) is 8.76. The molecular weight excluding hydrogens is 198 g/mol. The number of unbranched alkanes of at least 4 members (excludes halogenated alkanes) is 1. The Morgan fingerprint density at radius 3 is 2.73 bits per heavy atom. The Morgan fingerprint density at radius 2 is 2.13 bits per heavy atom. The van der Waals surface area contributed by atoms with Crippen molar-refractivity contribution in [1.82, 2.24) is 0 Å². The molecule has 0 amide bonds. The Labute approximate surface area is 88.5 Å². The van der Waals surface area contributed by atoms with Gasteiger partial charge in [0.25, 0.3) is 6.43 Å². The van der Waals surface area contributed by atoms with E-state index in [1.54, 1.807) is 12.1 Å². The number of alkyl halides is 2. The highest BCUT2D eigenvalue weighted by Gasteiger charge is 2.12. The summed E-state index contributed by atoms with van der Waals surface area (Å²) in [5.41, 5.74) is 6.28. The molecule has 0 aliphatic rings. The Bertz CT molecular complexity index is 313. The Morgan fingerprint density at radius 1 is 1.40 bits per heavy atom. The number of hydrogen-bond donors (Lipinski definition) is 2. The first-order chi connectivity index (χ1) is 7.15. The first kappa shape index (κ1) is 11.8. The highest BCUT2D eigenvalue weighted by atomic mass is 19.3. The van der Waals surface area contributed by atoms with Crippen LogP contribution in [0.4, 0.5) is 20.2 Å². The van der Waals surface area contributed by atoms with Crippen LogP contribution >= 0.6 is 0 Å². The molecular formula is C11H16F2N2. The molecule has 0 radical (unpaired) electrons. The second-order valence-electron chi connectivity index (χ2n) is 3.43. The molecule has 0 unspecified atom stereocenters. The molecule has 84 valence electrons. The van der Waals surface area contributed by atoms with Gasteiger partial charge >= 0.3 is 0 Å². The molecule has 2 nitrogen and oxygen atoms in total. The fourth-order valence-electron chi connectivity index (χ4n) is 1.32. The molecule has 0 aliphatic heterocycles. The van der Waals surface area contributed by atoms with Gasteiger partial charge < -0.3 is 11.1 Å². The monoisotopic (exact) mass is 214 g/mol. The molecule has 0 aliphatic carbocycles. The lowest BCUT2D eigenvalue weighted by molar-refractivity contribution is 0.152. The predicted octanol–water partition coefficient (Wildman–Crippen LogP) is 3.42. The zero-order chi connectivity index (χ0) is 11.3. The third-order valence-electron chi connectivity index (χ3n) is 2.16. The topological polar surface area (TPSA) is 38.0 Å². The molecule has 0 bridgehead atoms. The molecule has 0 fully saturated rings. The molecule has 1 rings (SSSR count). The van der Waals surface area contributed by atoms with E-state index < -0.39 is 6.43 Å². The maximum atomic E-state index is 12.6. The van der Waals surface area contributed by atoms with Crippen LogP contribution in [0.15, 0.2) is 18.2 Å². The van der Waals surface area contributed by atoms with E-state index in [-0.39, 0.29) is 5.56 Å². The van der Waals surface area contributed by atoms with Gasteiger partial charge in [-0.1, -0.05) is 13.3 Å². The average Bonchev–Trinajstić information content (AvgIpc) is 2.20. The smallest absolute Gasteiger partial charge is 0.265 e. The third kappa shape index (κ3) is 3.38. The SMILES string of the molecule is CCCCNc1ccc(N)cc1C(F)F. The normalized spacial score (nSPS) is 10.7. The first-order valence-corrected chi connectivity index (χ1v) is 5.06. The molecule has 3 N–H and O–H groups in total. The van der Waals surface area contributed by atoms with E-state index in [0.29, 0.717) is 17.9 Å². The fraction of sp³-hybridized carbons (Fsp3) is 0.455. The molecule has 0 spiro atoms. The second kappa shape index (κ2) is 5.53. The van der Waals surface area contributed by atoms with Crippen LogP contribution < -0.4 is 11.1 Å². The van der Waals surface area contributed by atoms with Crippen LogP contribution in [0.5, 0.6) is 0 Å². The number of nitrogens with two attached hydrogens (primary N) is 1. The number of rotatable bonds is 5. The maximum Gasteiger partial charge on any atom is 0.265 e. The van der Waals surface area contributed by atoms with Crippen molar-refractivity contribution in [2.75, 3.05) is 17.6 Å². The molecule has 0 aromatic heterocycles. The predicted molar refractivity (Wildman–Crippen MR) is 59.2 cm³/mol. The van der Waals surface area contributed by atoms with Gasteiger partial charge in [0, 0.05) is 23.5 Å². The molecule has 1 aromatic carbocycles. The summed E-state index contributed by atoms with van der Waals surface area (Å²) in [4.78, 5) is 0. The Hall–Kier alpha value is -1.32. The Balaban J connectivity index is 2.77. The summed E-state index contributed by atoms with van der Waals surface area (Å²) in [6.45, 7) is 2.76. The molecule has 0 saturated carbocycles. The van der Waals surface area contributed by atoms with Crippen molar-refractivity contribution >= 4 is 11.4 Å². The van der Waals surface area contributed by atoms with Crippen LogP contribution in [0.3, 0.4) is 0 Å². The number of halogens is 2. The Kier molecular flexibility index (Phi) is 4.34. The lowest BCUT2D eigenvalue weighted by atomic mass is 10.1. The van der Waals surface area contributed by atoms with Gasteiger partial charge in [-0.05, 0) is 24.6 Å². The van der Waals surface area contributed by atoms with Gasteiger partial charge in [0.2, 0.25) is 0 Å². The fourth-order valence-corrected chi connectivity index (χ4v) is 1.32. The van der Waals surface area contributed by atoms with Crippen LogP contribution in [0.1, 0.15) is 31.8 Å². The summed E-state index contributed by atoms with van der Waals surface area (Å²) in [5, 5.41) is 2.99. The third-order valence-corrected chi connectivity index (χ3v) is 2.16. The molecule has 0 atom stereocenters. The lowest BCUT2D eigenvalue weighted by Crippen LogP contribution is -2.04. The van der Waals surface area contributed by atoms with Crippen molar-refractivity contribution in [2.24, 2.45) is 0 Å². The molecule has 0 saturated heterocycles. The number of hydrogen-bond acceptors (Lipinski definition) is 2. The van der Waals surface area contributed by atoms with Gasteiger partial charge in [-0.25, -0.2) is 8.78 Å². The number of anilines is 2. The summed E-state index contributed by atoms with van der Waals surface area (Å²) in [5.74, 6) is 0. The van der Waals surface area contributed by atoms with E-state index in [2.05, 4.69) is 12.2 Å². The van der Waals surface area contributed by atoms with Crippen molar-refractivity contribution in [3.05, 3.63) is 23.8 Å². The van der Waals surface area contributed by atoms with E-state index in [1.807, 2.05) is 0 Å². The van der Waals surface area contributed by atoms with Crippen LogP contribution in [-0.2, 0) is 0 Å². The molecule has 15 heavy (non-hydrogen) atoms. The zero-order valence-corrected chi connectivity index (χ0v) is 8.76. The molecule has 1 aromatic rings. The maximum absolute atomic E-state index is 12.6. The van der Waals surface area contributed by atoms with Crippen molar-refractivity contribution in [3.63, 3.8) is 0 Å². The largest absolute Gasteiger partial charge is 0.399 e. The van der Waals surface area contributed by atoms with Gasteiger partial charge in [0.15, 0.2) is 0 Å². The summed E-state index contributed by atoms with van der Waals surface area (Å²) >= 11 is 0. The van der Waals surface area contributed by atoms with Crippen LogP contribution in [-0.4, -0.2) is 6.54 Å². The van der Waals surface area contributed by atoms with E-state index in [1.165, 1.54) is 6.07 Å². The van der Waals surface area contributed by atoms with Crippen LogP contribution in [0, 0.1) is 0 Å². The summed E-state index contributed by atoms with van der Waals surface area (Å²) in [7, 11) is 0.